The maximum Gasteiger partial charge on any atom is 0.362 e. The number of allylic oxidation sites excluding steroid dienone is 22. The smallest absolute Gasteiger partial charge is 0.362 e. The Bertz CT molecular complexity index is 1530. The normalized spacial score (nSPS) is 14.0. The molecule has 0 rings (SSSR count). The molecule has 0 bridgehead atoms. The van der Waals surface area contributed by atoms with Gasteiger partial charge in [-0.3, -0.25) is 9.59 Å². The van der Waals surface area contributed by atoms with Crippen LogP contribution < -0.4 is 0 Å². The van der Waals surface area contributed by atoms with Crippen LogP contribution in [0.5, 0.6) is 0 Å². The zero-order valence-electron chi connectivity index (χ0n) is 42.1. The van der Waals surface area contributed by atoms with E-state index < -0.39 is 18.1 Å². The second-order valence-corrected chi connectivity index (χ2v) is 17.5. The number of rotatable bonds is 43. The van der Waals surface area contributed by atoms with Crippen LogP contribution in [-0.4, -0.2) is 80.6 Å². The maximum absolute atomic E-state index is 12.8. The summed E-state index contributed by atoms with van der Waals surface area (Å²) in [5.41, 5.74) is 0. The summed E-state index contributed by atoms with van der Waals surface area (Å²) in [6, 6.07) is -0.634. The van der Waals surface area contributed by atoms with Crippen molar-refractivity contribution in [3.8, 4) is 0 Å². The summed E-state index contributed by atoms with van der Waals surface area (Å²) in [5.74, 6) is -1.55. The van der Waals surface area contributed by atoms with Crippen molar-refractivity contribution in [2.45, 2.75) is 174 Å². The number of carboxylic acid groups (broad SMARTS) is 1. The van der Waals surface area contributed by atoms with Gasteiger partial charge in [0, 0.05) is 19.3 Å². The van der Waals surface area contributed by atoms with Crippen molar-refractivity contribution in [2.24, 2.45) is 0 Å². The van der Waals surface area contributed by atoms with Crippen LogP contribution in [0, 0.1) is 0 Å². The van der Waals surface area contributed by atoms with Crippen molar-refractivity contribution in [3.05, 3.63) is 134 Å². The highest BCUT2D eigenvalue weighted by atomic mass is 16.6. The molecule has 1 N–H and O–H groups in total. The Hall–Kier alpha value is -4.53. The van der Waals surface area contributed by atoms with Gasteiger partial charge in [-0.25, -0.2) is 4.79 Å². The minimum Gasteiger partial charge on any atom is -0.477 e. The van der Waals surface area contributed by atoms with E-state index in [0.717, 1.165) is 77.0 Å². The van der Waals surface area contributed by atoms with E-state index in [9.17, 15) is 19.5 Å². The number of ether oxygens (including phenoxy) is 3. The molecule has 0 fully saturated rings. The molecule has 0 radical (unpaired) electrons. The first kappa shape index (κ1) is 61.5. The molecule has 0 aliphatic carbocycles. The number of likely N-dealkylation sites (N-methyl/N-ethyl adjacent to an activating group) is 1. The highest BCUT2D eigenvalue weighted by Crippen LogP contribution is 2.14. The SMILES string of the molecule is CC/C=C/C=C/C=C/C=C/C=C/C=C/C=C/CCCCCC(=O)OC(COCCC(C(=O)O)[N+](C)(C)C)COC(=O)CCCCCCCCCCCC/C=C/C/C=C/C/C=C/C/C=C/CC. The van der Waals surface area contributed by atoms with E-state index in [4.69, 9.17) is 14.2 Å². The molecule has 0 aliphatic rings. The van der Waals surface area contributed by atoms with Crippen molar-refractivity contribution >= 4 is 17.9 Å². The van der Waals surface area contributed by atoms with Gasteiger partial charge in [-0.15, -0.1) is 0 Å². The first-order valence-corrected chi connectivity index (χ1v) is 25.3. The van der Waals surface area contributed by atoms with Crippen molar-refractivity contribution in [1.29, 1.82) is 0 Å². The fraction of sp³-hybridized carbons (Fsp3) is 0.569. The summed E-state index contributed by atoms with van der Waals surface area (Å²) >= 11 is 0. The minimum absolute atomic E-state index is 0.0312. The number of quaternary nitrogens is 1. The van der Waals surface area contributed by atoms with Gasteiger partial charge in [-0.1, -0.05) is 205 Å². The van der Waals surface area contributed by atoms with Gasteiger partial charge in [0.1, 0.15) is 6.61 Å². The Labute approximate surface area is 403 Å². The molecule has 0 heterocycles. The molecule has 0 aliphatic heterocycles. The molecule has 0 amide bonds. The van der Waals surface area contributed by atoms with Crippen molar-refractivity contribution in [2.75, 3.05) is 41.0 Å². The van der Waals surface area contributed by atoms with Gasteiger partial charge < -0.3 is 23.8 Å². The molecule has 2 atom stereocenters. The zero-order valence-corrected chi connectivity index (χ0v) is 42.1. The topological polar surface area (TPSA) is 99.1 Å². The van der Waals surface area contributed by atoms with Crippen LogP contribution in [-0.2, 0) is 28.6 Å². The van der Waals surface area contributed by atoms with Crippen molar-refractivity contribution in [3.63, 3.8) is 0 Å². The number of carbonyl (C=O) groups excluding carboxylic acids is 2. The third kappa shape index (κ3) is 44.7. The Morgan fingerprint density at radius 2 is 0.879 bits per heavy atom. The number of carboxylic acids is 1. The molecule has 0 aromatic carbocycles. The van der Waals surface area contributed by atoms with Gasteiger partial charge in [-0.2, -0.15) is 0 Å². The molecular formula is C58H92NO7+. The maximum atomic E-state index is 12.8. The van der Waals surface area contributed by atoms with Crippen LogP contribution in [0.2, 0.25) is 0 Å². The van der Waals surface area contributed by atoms with Crippen LogP contribution in [0.3, 0.4) is 0 Å². The average molecular weight is 915 g/mol. The predicted molar refractivity (Wildman–Crippen MR) is 279 cm³/mol. The van der Waals surface area contributed by atoms with Gasteiger partial charge >= 0.3 is 17.9 Å². The number of unbranched alkanes of at least 4 members (excludes halogenated alkanes) is 13. The second-order valence-electron chi connectivity index (χ2n) is 17.5. The van der Waals surface area contributed by atoms with Crippen LogP contribution in [0.15, 0.2) is 134 Å². The first-order chi connectivity index (χ1) is 32.1. The summed E-state index contributed by atoms with van der Waals surface area (Å²) in [6.45, 7) is 4.40. The van der Waals surface area contributed by atoms with E-state index in [1.165, 1.54) is 44.9 Å². The summed E-state index contributed by atoms with van der Waals surface area (Å²) in [6.07, 6.45) is 67.8. The summed E-state index contributed by atoms with van der Waals surface area (Å²) in [4.78, 5) is 37.2. The van der Waals surface area contributed by atoms with Crippen LogP contribution in [0.1, 0.15) is 162 Å². The number of carbonyl (C=O) groups is 3. The van der Waals surface area contributed by atoms with E-state index in [-0.39, 0.29) is 42.7 Å². The molecule has 0 aromatic rings. The molecule has 8 nitrogen and oxygen atoms in total. The lowest BCUT2D eigenvalue weighted by Crippen LogP contribution is -2.50. The zero-order chi connectivity index (χ0) is 48.4. The van der Waals surface area contributed by atoms with Crippen LogP contribution in [0.4, 0.5) is 0 Å². The molecule has 2 unspecified atom stereocenters. The lowest BCUT2D eigenvalue weighted by Gasteiger charge is -2.31. The van der Waals surface area contributed by atoms with Crippen LogP contribution >= 0.6 is 0 Å². The molecule has 370 valence electrons. The van der Waals surface area contributed by atoms with E-state index in [1.54, 1.807) is 0 Å². The standard InChI is InChI=1S/C58H91NO7/c1-6-8-10-12-14-16-18-20-22-24-26-27-28-29-31-32-34-36-38-40-42-44-46-48-56(60)65-53-54(52-64-51-50-55(58(62)63)59(3,4)5)66-57(61)49-47-45-43-41-39-37-35-33-30-25-23-21-19-17-15-13-11-9-7-2/h8-11,13-17,19-23,25-27,30,33,35,37,39,54-55H,6-7,12,18,24,28-29,31-32,34,36,38,40-53H2,1-5H3/p+1/b10-8+,11-9+,15-13+,16-14+,19-17+,22-20+,23-21+,27-26+,30-25+,35-33+,39-37+. The van der Waals surface area contributed by atoms with E-state index in [1.807, 2.05) is 94.1 Å². The summed E-state index contributed by atoms with van der Waals surface area (Å²) in [5, 5.41) is 9.65. The lowest BCUT2D eigenvalue weighted by atomic mass is 10.1. The van der Waals surface area contributed by atoms with Crippen LogP contribution in [0.25, 0.3) is 0 Å². The minimum atomic E-state index is -0.890. The summed E-state index contributed by atoms with van der Waals surface area (Å²) < 4.78 is 17.3. The predicted octanol–water partition coefficient (Wildman–Crippen LogP) is 14.7. The van der Waals surface area contributed by atoms with E-state index in [0.29, 0.717) is 19.3 Å². The van der Waals surface area contributed by atoms with Gasteiger partial charge in [-0.05, 0) is 70.6 Å². The van der Waals surface area contributed by atoms with E-state index >= 15 is 0 Å². The quantitative estimate of drug-likeness (QED) is 0.0214. The Morgan fingerprint density at radius 1 is 0.470 bits per heavy atom. The fourth-order valence-corrected chi connectivity index (χ4v) is 6.65. The average Bonchev–Trinajstić information content (AvgIpc) is 3.28. The number of esters is 2. The summed E-state index contributed by atoms with van der Waals surface area (Å²) in [7, 11) is 5.50. The molecule has 0 saturated carbocycles. The molecule has 8 heteroatoms. The Balaban J connectivity index is 4.37. The number of hydrogen-bond acceptors (Lipinski definition) is 6. The lowest BCUT2D eigenvalue weighted by molar-refractivity contribution is -0.887. The highest BCUT2D eigenvalue weighted by molar-refractivity contribution is 5.72. The number of nitrogens with zero attached hydrogens (tertiary/aromatic N) is 1. The van der Waals surface area contributed by atoms with E-state index in [2.05, 4.69) is 74.6 Å². The van der Waals surface area contributed by atoms with Gasteiger partial charge in [0.25, 0.3) is 0 Å². The molecule has 66 heavy (non-hydrogen) atoms. The molecule has 0 saturated heterocycles. The first-order valence-electron chi connectivity index (χ1n) is 25.3. The fourth-order valence-electron chi connectivity index (χ4n) is 6.65. The number of aliphatic carboxylic acids is 1. The second kappa shape index (κ2) is 47.0. The molecule has 0 spiro atoms. The third-order valence-corrected chi connectivity index (χ3v) is 10.5. The van der Waals surface area contributed by atoms with Gasteiger partial charge in [0.05, 0.1) is 34.4 Å². The Morgan fingerprint density at radius 3 is 1.38 bits per heavy atom. The Kier molecular flexibility index (Phi) is 43.8. The largest absolute Gasteiger partial charge is 0.477 e. The number of hydrogen-bond donors (Lipinski definition) is 1. The highest BCUT2D eigenvalue weighted by Gasteiger charge is 2.31. The van der Waals surface area contributed by atoms with Crippen molar-refractivity contribution < 1.29 is 38.2 Å². The molecular weight excluding hydrogens is 823 g/mol. The monoisotopic (exact) mass is 915 g/mol. The van der Waals surface area contributed by atoms with Gasteiger partial charge in [0.2, 0.25) is 0 Å². The molecule has 0 aromatic heterocycles. The van der Waals surface area contributed by atoms with Crippen molar-refractivity contribution in [1.82, 2.24) is 0 Å². The van der Waals surface area contributed by atoms with Gasteiger partial charge in [0.15, 0.2) is 12.1 Å². The third-order valence-electron chi connectivity index (χ3n) is 10.5.